The predicted octanol–water partition coefficient (Wildman–Crippen LogP) is 3.10. The first-order valence-electron chi connectivity index (χ1n) is 6.52. The van der Waals surface area contributed by atoms with Crippen molar-refractivity contribution in [3.63, 3.8) is 0 Å². The van der Waals surface area contributed by atoms with Gasteiger partial charge in [-0.05, 0) is 30.4 Å². The molecule has 1 fully saturated rings. The Kier molecular flexibility index (Phi) is 3.85. The topological polar surface area (TPSA) is 50.9 Å². The quantitative estimate of drug-likeness (QED) is 0.823. The predicted molar refractivity (Wildman–Crippen MR) is 79.8 cm³/mol. The van der Waals surface area contributed by atoms with Gasteiger partial charge in [-0.3, -0.25) is 0 Å². The van der Waals surface area contributed by atoms with Crippen molar-refractivity contribution in [3.05, 3.63) is 23.9 Å². The molecule has 1 aliphatic rings. The summed E-state index contributed by atoms with van der Waals surface area (Å²) < 4.78 is 0. The van der Waals surface area contributed by atoms with Crippen LogP contribution in [0.5, 0.6) is 0 Å². The lowest BCUT2D eigenvalue weighted by Crippen LogP contribution is -2.39. The Bertz CT molecular complexity index is 442. The van der Waals surface area contributed by atoms with Crippen LogP contribution in [0.2, 0.25) is 0 Å². The van der Waals surface area contributed by atoms with E-state index in [2.05, 4.69) is 24.1 Å². The number of hydrogen-bond donors (Lipinski definition) is 2. The largest absolute Gasteiger partial charge is 0.389 e. The Morgan fingerprint density at radius 1 is 1.50 bits per heavy atom. The molecule has 1 atom stereocenters. The molecule has 1 saturated carbocycles. The van der Waals surface area contributed by atoms with Crippen molar-refractivity contribution in [2.75, 3.05) is 5.32 Å². The average molecular weight is 263 g/mol. The van der Waals surface area contributed by atoms with Crippen molar-refractivity contribution >= 4 is 23.0 Å². The maximum atomic E-state index is 5.74. The number of rotatable bonds is 3. The van der Waals surface area contributed by atoms with Crippen molar-refractivity contribution in [1.29, 1.82) is 0 Å². The van der Waals surface area contributed by atoms with Crippen LogP contribution in [0.3, 0.4) is 0 Å². The van der Waals surface area contributed by atoms with Crippen LogP contribution in [0, 0.1) is 5.41 Å². The monoisotopic (exact) mass is 263 g/mol. The molecule has 1 aromatic heterocycles. The molecule has 3 nitrogen and oxygen atoms in total. The third-order valence-corrected chi connectivity index (χ3v) is 4.11. The number of anilines is 1. The number of thiocarbonyl (C=S) groups is 1. The van der Waals surface area contributed by atoms with Gasteiger partial charge in [0.2, 0.25) is 0 Å². The Morgan fingerprint density at radius 2 is 2.28 bits per heavy atom. The normalized spacial score (nSPS) is 22.4. The molecule has 18 heavy (non-hydrogen) atoms. The highest BCUT2D eigenvalue weighted by molar-refractivity contribution is 7.80. The summed E-state index contributed by atoms with van der Waals surface area (Å²) in [6, 6.07) is 4.23. The Balaban J connectivity index is 2.21. The second-order valence-corrected chi connectivity index (χ2v) is 6.13. The maximum absolute atomic E-state index is 5.74. The molecule has 1 unspecified atom stereocenters. The number of hydrogen-bond acceptors (Lipinski definition) is 3. The van der Waals surface area contributed by atoms with Crippen molar-refractivity contribution in [2.45, 2.75) is 45.6 Å². The van der Waals surface area contributed by atoms with E-state index < -0.39 is 0 Å². The molecule has 0 aliphatic heterocycles. The van der Waals surface area contributed by atoms with Gasteiger partial charge in [0, 0.05) is 12.2 Å². The highest BCUT2D eigenvalue weighted by Crippen LogP contribution is 2.37. The summed E-state index contributed by atoms with van der Waals surface area (Å²) in [6.07, 6.45) is 6.80. The molecule has 0 amide bonds. The zero-order valence-electron chi connectivity index (χ0n) is 11.1. The summed E-state index contributed by atoms with van der Waals surface area (Å²) in [5, 5.41) is 3.54. The fourth-order valence-electron chi connectivity index (χ4n) is 2.65. The summed E-state index contributed by atoms with van der Waals surface area (Å²) in [6.45, 7) is 4.63. The Morgan fingerprint density at radius 3 is 2.94 bits per heavy atom. The van der Waals surface area contributed by atoms with Gasteiger partial charge in [0.1, 0.15) is 10.8 Å². The molecule has 1 aliphatic carbocycles. The summed E-state index contributed by atoms with van der Waals surface area (Å²) in [7, 11) is 0. The average Bonchev–Trinajstić information content (AvgIpc) is 2.32. The van der Waals surface area contributed by atoms with Crippen LogP contribution in [0.25, 0.3) is 0 Å². The lowest BCUT2D eigenvalue weighted by Gasteiger charge is -2.39. The molecule has 0 spiro atoms. The van der Waals surface area contributed by atoms with E-state index in [1.807, 2.05) is 12.1 Å². The standard InChI is InChI=1S/C14H21N3S/c1-14(2)8-4-3-7-11(14)17-13-10(12(15)18)6-5-9-16-13/h5-6,9,11H,3-4,7-8H2,1-2H3,(H2,15,18)(H,16,17). The molecule has 0 radical (unpaired) electrons. The Hall–Kier alpha value is -1.16. The van der Waals surface area contributed by atoms with E-state index in [0.717, 1.165) is 11.4 Å². The van der Waals surface area contributed by atoms with Crippen molar-refractivity contribution in [3.8, 4) is 0 Å². The van der Waals surface area contributed by atoms with E-state index in [0.29, 0.717) is 16.4 Å². The van der Waals surface area contributed by atoms with Gasteiger partial charge in [-0.1, -0.05) is 38.9 Å². The smallest absolute Gasteiger partial charge is 0.136 e. The van der Waals surface area contributed by atoms with Crippen LogP contribution in [-0.2, 0) is 0 Å². The molecule has 4 heteroatoms. The van der Waals surface area contributed by atoms with Gasteiger partial charge in [-0.15, -0.1) is 0 Å². The van der Waals surface area contributed by atoms with Gasteiger partial charge in [0.15, 0.2) is 0 Å². The maximum Gasteiger partial charge on any atom is 0.136 e. The highest BCUT2D eigenvalue weighted by atomic mass is 32.1. The van der Waals surface area contributed by atoms with E-state index in [1.165, 1.54) is 25.7 Å². The third-order valence-electron chi connectivity index (χ3n) is 3.89. The minimum Gasteiger partial charge on any atom is -0.389 e. The zero-order chi connectivity index (χ0) is 13.2. The van der Waals surface area contributed by atoms with E-state index in [4.69, 9.17) is 18.0 Å². The van der Waals surface area contributed by atoms with Crippen LogP contribution in [0.4, 0.5) is 5.82 Å². The van der Waals surface area contributed by atoms with Crippen LogP contribution >= 0.6 is 12.2 Å². The van der Waals surface area contributed by atoms with E-state index in [9.17, 15) is 0 Å². The minimum atomic E-state index is 0.295. The highest BCUT2D eigenvalue weighted by Gasteiger charge is 2.32. The van der Waals surface area contributed by atoms with Crippen molar-refractivity contribution in [1.82, 2.24) is 4.98 Å². The van der Waals surface area contributed by atoms with Crippen LogP contribution < -0.4 is 11.1 Å². The third kappa shape index (κ3) is 2.80. The number of nitrogens with one attached hydrogen (secondary N) is 1. The molecule has 0 bridgehead atoms. The molecule has 1 heterocycles. The summed E-state index contributed by atoms with van der Waals surface area (Å²) in [4.78, 5) is 4.78. The lowest BCUT2D eigenvalue weighted by atomic mass is 9.73. The SMILES string of the molecule is CC1(C)CCCCC1Nc1ncccc1C(N)=S. The zero-order valence-corrected chi connectivity index (χ0v) is 11.9. The second-order valence-electron chi connectivity index (χ2n) is 5.70. The van der Waals surface area contributed by atoms with Gasteiger partial charge < -0.3 is 11.1 Å². The van der Waals surface area contributed by atoms with E-state index in [1.54, 1.807) is 6.20 Å². The van der Waals surface area contributed by atoms with Crippen molar-refractivity contribution in [2.24, 2.45) is 11.1 Å². The number of nitrogens with zero attached hydrogens (tertiary/aromatic N) is 1. The molecule has 3 N–H and O–H groups in total. The summed E-state index contributed by atoms with van der Waals surface area (Å²) >= 11 is 5.07. The van der Waals surface area contributed by atoms with E-state index in [-0.39, 0.29) is 0 Å². The first-order valence-corrected chi connectivity index (χ1v) is 6.93. The Labute approximate surface area is 114 Å². The van der Waals surface area contributed by atoms with Crippen LogP contribution in [0.15, 0.2) is 18.3 Å². The fourth-order valence-corrected chi connectivity index (χ4v) is 2.81. The van der Waals surface area contributed by atoms with E-state index >= 15 is 0 Å². The van der Waals surface area contributed by atoms with Crippen LogP contribution in [0.1, 0.15) is 45.1 Å². The van der Waals surface area contributed by atoms with Crippen molar-refractivity contribution < 1.29 is 0 Å². The molecular formula is C14H21N3S. The molecule has 1 aromatic rings. The van der Waals surface area contributed by atoms with Gasteiger partial charge in [0.25, 0.3) is 0 Å². The summed E-state index contributed by atoms with van der Waals surface area (Å²) in [5.74, 6) is 0.824. The van der Waals surface area contributed by atoms with Crippen LogP contribution in [-0.4, -0.2) is 16.0 Å². The molecule has 98 valence electrons. The van der Waals surface area contributed by atoms with Gasteiger partial charge in [-0.25, -0.2) is 4.98 Å². The minimum absolute atomic E-state index is 0.295. The number of aromatic nitrogens is 1. The molecule has 2 rings (SSSR count). The van der Waals surface area contributed by atoms with Gasteiger partial charge in [0.05, 0.1) is 5.56 Å². The van der Waals surface area contributed by atoms with Gasteiger partial charge >= 0.3 is 0 Å². The molecular weight excluding hydrogens is 242 g/mol. The molecule has 0 saturated heterocycles. The van der Waals surface area contributed by atoms with Gasteiger partial charge in [-0.2, -0.15) is 0 Å². The molecule has 0 aromatic carbocycles. The fraction of sp³-hybridized carbons (Fsp3) is 0.571. The number of nitrogens with two attached hydrogens (primary N) is 1. The lowest BCUT2D eigenvalue weighted by molar-refractivity contribution is 0.216. The second kappa shape index (κ2) is 5.22. The first kappa shape index (κ1) is 13.3. The summed E-state index contributed by atoms with van der Waals surface area (Å²) in [5.41, 5.74) is 6.88. The number of pyridine rings is 1. The first-order chi connectivity index (χ1) is 8.50.